The van der Waals surface area contributed by atoms with Crippen molar-refractivity contribution >= 4 is 50.7 Å². The third kappa shape index (κ3) is 3.22. The molecule has 0 aliphatic rings. The van der Waals surface area contributed by atoms with Gasteiger partial charge >= 0.3 is 0 Å². The number of benzene rings is 1. The number of nitrogens with one attached hydrogen (secondary N) is 1. The molecule has 2 aromatic rings. The first-order chi connectivity index (χ1) is 8.56. The van der Waals surface area contributed by atoms with E-state index in [0.29, 0.717) is 16.3 Å². The molecular formula is C12H7BrCl2N2O. The molecule has 1 aromatic carbocycles. The standard InChI is InChI=1S/C12H7BrCl2N2O/c13-9-2-1-8(6-10(9)14)17-12(18)7-3-4-16-11(15)5-7/h1-6H,(H,17,18). The number of carbonyl (C=O) groups excluding carboxylic acids is 1. The highest BCUT2D eigenvalue weighted by Gasteiger charge is 2.07. The Morgan fingerprint density at radius 2 is 2.00 bits per heavy atom. The number of hydrogen-bond acceptors (Lipinski definition) is 2. The van der Waals surface area contributed by atoms with E-state index in [9.17, 15) is 4.79 Å². The zero-order valence-electron chi connectivity index (χ0n) is 8.95. The number of carbonyl (C=O) groups is 1. The molecule has 1 aromatic heterocycles. The molecule has 2 rings (SSSR count). The first-order valence-corrected chi connectivity index (χ1v) is 6.49. The van der Waals surface area contributed by atoms with E-state index in [0.717, 1.165) is 4.47 Å². The van der Waals surface area contributed by atoms with Crippen molar-refractivity contribution < 1.29 is 4.79 Å². The van der Waals surface area contributed by atoms with E-state index in [1.807, 2.05) is 0 Å². The lowest BCUT2D eigenvalue weighted by Gasteiger charge is -2.06. The molecule has 0 saturated carbocycles. The van der Waals surface area contributed by atoms with Crippen molar-refractivity contribution in [2.45, 2.75) is 0 Å². The van der Waals surface area contributed by atoms with E-state index in [1.165, 1.54) is 12.3 Å². The molecule has 0 unspecified atom stereocenters. The van der Waals surface area contributed by atoms with Crippen molar-refractivity contribution in [3.63, 3.8) is 0 Å². The number of halogens is 3. The maximum Gasteiger partial charge on any atom is 0.255 e. The Kier molecular flexibility index (Phi) is 4.22. The highest BCUT2D eigenvalue weighted by molar-refractivity contribution is 9.10. The lowest BCUT2D eigenvalue weighted by molar-refractivity contribution is 0.102. The summed E-state index contributed by atoms with van der Waals surface area (Å²) in [6.07, 6.45) is 1.48. The Balaban J connectivity index is 2.18. The molecule has 6 heteroatoms. The van der Waals surface area contributed by atoms with Gasteiger partial charge in [-0.15, -0.1) is 0 Å². The fourth-order valence-electron chi connectivity index (χ4n) is 1.32. The lowest BCUT2D eigenvalue weighted by atomic mass is 10.2. The molecule has 3 nitrogen and oxygen atoms in total. The number of hydrogen-bond donors (Lipinski definition) is 1. The van der Waals surface area contributed by atoms with Crippen LogP contribution in [-0.4, -0.2) is 10.9 Å². The molecule has 1 amide bonds. The molecule has 0 bridgehead atoms. The zero-order valence-corrected chi connectivity index (χ0v) is 12.1. The van der Waals surface area contributed by atoms with Gasteiger partial charge in [-0.2, -0.15) is 0 Å². The minimum absolute atomic E-state index is 0.266. The molecule has 18 heavy (non-hydrogen) atoms. The summed E-state index contributed by atoms with van der Waals surface area (Å²) in [5.74, 6) is -0.266. The smallest absolute Gasteiger partial charge is 0.255 e. The molecule has 0 fully saturated rings. The van der Waals surface area contributed by atoms with Gasteiger partial charge in [-0.05, 0) is 46.3 Å². The number of pyridine rings is 1. The summed E-state index contributed by atoms with van der Waals surface area (Å²) in [7, 11) is 0. The Morgan fingerprint density at radius 1 is 1.22 bits per heavy atom. The maximum absolute atomic E-state index is 11.9. The Hall–Kier alpha value is -1.10. The van der Waals surface area contributed by atoms with E-state index >= 15 is 0 Å². The average Bonchev–Trinajstić information content (AvgIpc) is 2.34. The molecular weight excluding hydrogens is 339 g/mol. The van der Waals surface area contributed by atoms with Gasteiger partial charge in [0.25, 0.3) is 5.91 Å². The zero-order chi connectivity index (χ0) is 13.1. The molecule has 92 valence electrons. The quantitative estimate of drug-likeness (QED) is 0.819. The minimum atomic E-state index is -0.266. The third-order valence-corrected chi connectivity index (χ3v) is 3.61. The van der Waals surface area contributed by atoms with Gasteiger partial charge in [-0.25, -0.2) is 4.98 Å². The Morgan fingerprint density at radius 3 is 2.67 bits per heavy atom. The number of anilines is 1. The molecule has 1 heterocycles. The Labute approximate surface area is 122 Å². The third-order valence-electron chi connectivity index (χ3n) is 2.17. The molecule has 0 spiro atoms. The molecule has 0 saturated heterocycles. The summed E-state index contributed by atoms with van der Waals surface area (Å²) < 4.78 is 0.772. The predicted octanol–water partition coefficient (Wildman–Crippen LogP) is 4.40. The first-order valence-electron chi connectivity index (χ1n) is 4.94. The van der Waals surface area contributed by atoms with E-state index in [-0.39, 0.29) is 11.1 Å². The number of nitrogens with zero attached hydrogens (tertiary/aromatic N) is 1. The van der Waals surface area contributed by atoms with Gasteiger partial charge in [0.1, 0.15) is 5.15 Å². The van der Waals surface area contributed by atoms with Crippen LogP contribution in [-0.2, 0) is 0 Å². The van der Waals surface area contributed by atoms with Crippen molar-refractivity contribution in [2.75, 3.05) is 5.32 Å². The lowest BCUT2D eigenvalue weighted by Crippen LogP contribution is -2.11. The first kappa shape index (κ1) is 13.3. The van der Waals surface area contributed by atoms with Crippen molar-refractivity contribution in [1.29, 1.82) is 0 Å². The number of rotatable bonds is 2. The highest BCUT2D eigenvalue weighted by Crippen LogP contribution is 2.25. The van der Waals surface area contributed by atoms with Crippen molar-refractivity contribution in [1.82, 2.24) is 4.98 Å². The summed E-state index contributed by atoms with van der Waals surface area (Å²) in [4.78, 5) is 15.7. The molecule has 0 atom stereocenters. The second kappa shape index (κ2) is 5.69. The van der Waals surface area contributed by atoms with Crippen LogP contribution in [0.5, 0.6) is 0 Å². The predicted molar refractivity (Wildman–Crippen MR) is 76.4 cm³/mol. The van der Waals surface area contributed by atoms with Crippen LogP contribution >= 0.6 is 39.1 Å². The monoisotopic (exact) mass is 344 g/mol. The van der Waals surface area contributed by atoms with Gasteiger partial charge < -0.3 is 5.32 Å². The van der Waals surface area contributed by atoms with E-state index < -0.39 is 0 Å². The maximum atomic E-state index is 11.9. The number of amides is 1. The van der Waals surface area contributed by atoms with Crippen molar-refractivity contribution in [3.05, 3.63) is 56.7 Å². The molecule has 0 radical (unpaired) electrons. The molecule has 0 aliphatic carbocycles. The van der Waals surface area contributed by atoms with Crippen LogP contribution in [0.15, 0.2) is 41.0 Å². The van der Waals surface area contributed by atoms with E-state index in [1.54, 1.807) is 24.3 Å². The summed E-state index contributed by atoms with van der Waals surface area (Å²) >= 11 is 14.9. The van der Waals surface area contributed by atoms with Crippen LogP contribution in [0.4, 0.5) is 5.69 Å². The van der Waals surface area contributed by atoms with Gasteiger partial charge in [0.15, 0.2) is 0 Å². The summed E-state index contributed by atoms with van der Waals surface area (Å²) in [6.45, 7) is 0. The highest BCUT2D eigenvalue weighted by atomic mass is 79.9. The second-order valence-corrected chi connectivity index (χ2v) is 5.10. The van der Waals surface area contributed by atoms with Gasteiger partial charge in [0.2, 0.25) is 0 Å². The summed E-state index contributed by atoms with van der Waals surface area (Å²) in [5.41, 5.74) is 1.05. The topological polar surface area (TPSA) is 42.0 Å². The normalized spacial score (nSPS) is 10.2. The van der Waals surface area contributed by atoms with Crippen LogP contribution in [0.2, 0.25) is 10.2 Å². The van der Waals surface area contributed by atoms with Crippen molar-refractivity contribution in [2.24, 2.45) is 0 Å². The fourth-order valence-corrected chi connectivity index (χ4v) is 1.92. The van der Waals surface area contributed by atoms with Gasteiger partial charge in [-0.1, -0.05) is 23.2 Å². The minimum Gasteiger partial charge on any atom is -0.322 e. The summed E-state index contributed by atoms with van der Waals surface area (Å²) in [6, 6.07) is 8.25. The van der Waals surface area contributed by atoms with Crippen LogP contribution in [0.3, 0.4) is 0 Å². The largest absolute Gasteiger partial charge is 0.322 e. The SMILES string of the molecule is O=C(Nc1ccc(Br)c(Cl)c1)c1ccnc(Cl)c1. The summed E-state index contributed by atoms with van der Waals surface area (Å²) in [5, 5.41) is 3.53. The van der Waals surface area contributed by atoms with Gasteiger partial charge in [-0.3, -0.25) is 4.79 Å². The Bertz CT molecular complexity index is 604. The second-order valence-electron chi connectivity index (χ2n) is 3.45. The average molecular weight is 346 g/mol. The van der Waals surface area contributed by atoms with Crippen LogP contribution < -0.4 is 5.32 Å². The van der Waals surface area contributed by atoms with E-state index in [2.05, 4.69) is 26.2 Å². The molecule has 0 aliphatic heterocycles. The van der Waals surface area contributed by atoms with Gasteiger partial charge in [0, 0.05) is 21.9 Å². The fraction of sp³-hybridized carbons (Fsp3) is 0. The van der Waals surface area contributed by atoms with Crippen LogP contribution in [0.25, 0.3) is 0 Å². The van der Waals surface area contributed by atoms with Crippen LogP contribution in [0, 0.1) is 0 Å². The van der Waals surface area contributed by atoms with E-state index in [4.69, 9.17) is 23.2 Å². The number of aromatic nitrogens is 1. The van der Waals surface area contributed by atoms with Crippen molar-refractivity contribution in [3.8, 4) is 0 Å². The van der Waals surface area contributed by atoms with Crippen LogP contribution in [0.1, 0.15) is 10.4 Å². The molecule has 1 N–H and O–H groups in total. The van der Waals surface area contributed by atoms with Gasteiger partial charge in [0.05, 0.1) is 5.02 Å².